The van der Waals surface area contributed by atoms with Crippen LogP contribution in [0.2, 0.25) is 0 Å². The minimum absolute atomic E-state index is 0.215. The Morgan fingerprint density at radius 2 is 2.09 bits per heavy atom. The third-order valence-corrected chi connectivity index (χ3v) is 2.88. The number of benzene rings is 1. The Morgan fingerprint density at radius 1 is 1.36 bits per heavy atom. The van der Waals surface area contributed by atoms with Gasteiger partial charge in [0.15, 0.2) is 5.76 Å². The van der Waals surface area contributed by atoms with Crippen molar-refractivity contribution in [2.24, 2.45) is 5.73 Å². The van der Waals surface area contributed by atoms with Gasteiger partial charge in [-0.25, -0.2) is 4.79 Å². The van der Waals surface area contributed by atoms with E-state index >= 15 is 0 Å². The number of alkyl carbamates (subject to hydrolysis) is 1. The topological polar surface area (TPSA) is 90.4 Å². The van der Waals surface area contributed by atoms with E-state index in [2.05, 4.69) is 10.5 Å². The number of nitrogens with two attached hydrogens (primary N) is 1. The van der Waals surface area contributed by atoms with Crippen LogP contribution in [0.5, 0.6) is 0 Å². The molecule has 6 nitrogen and oxygen atoms in total. The van der Waals surface area contributed by atoms with Crippen LogP contribution in [0.15, 0.2) is 34.9 Å². The fourth-order valence-electron chi connectivity index (χ4n) is 1.94. The molecular weight excluding hydrogens is 282 g/mol. The lowest BCUT2D eigenvalue weighted by molar-refractivity contribution is 0.0519. The maximum absolute atomic E-state index is 11.6. The average molecular weight is 303 g/mol. The largest absolute Gasteiger partial charge is 0.444 e. The van der Waals surface area contributed by atoms with Crippen LogP contribution in [-0.4, -0.2) is 16.9 Å². The lowest BCUT2D eigenvalue weighted by Gasteiger charge is -2.19. The van der Waals surface area contributed by atoms with E-state index in [1.807, 2.05) is 45.0 Å². The molecule has 6 heteroatoms. The molecular formula is C16H21N3O3. The number of carbonyl (C=O) groups excluding carboxylic acids is 1. The molecule has 0 aliphatic rings. The number of amides is 1. The van der Waals surface area contributed by atoms with Crippen molar-refractivity contribution in [2.75, 3.05) is 0 Å². The van der Waals surface area contributed by atoms with E-state index in [-0.39, 0.29) is 6.54 Å². The van der Waals surface area contributed by atoms with Gasteiger partial charge in [-0.05, 0) is 26.3 Å². The molecule has 0 saturated carbocycles. The summed E-state index contributed by atoms with van der Waals surface area (Å²) < 4.78 is 10.4. The monoisotopic (exact) mass is 303 g/mol. The van der Waals surface area contributed by atoms with Crippen LogP contribution in [0.3, 0.4) is 0 Å². The summed E-state index contributed by atoms with van der Waals surface area (Å²) in [5.74, 6) is 0.549. The van der Waals surface area contributed by atoms with Crippen molar-refractivity contribution in [1.82, 2.24) is 10.5 Å². The van der Waals surface area contributed by atoms with Crippen molar-refractivity contribution >= 4 is 6.09 Å². The standard InChI is InChI=1S/C16H21N3O3/c1-16(2,3)21-15(20)18-10-12-8-14(19-22-12)13-7-5-4-6-11(13)9-17/h4-8H,9-10,17H2,1-3H3,(H,18,20). The summed E-state index contributed by atoms with van der Waals surface area (Å²) in [4.78, 5) is 11.6. The Labute approximate surface area is 129 Å². The second kappa shape index (κ2) is 6.62. The van der Waals surface area contributed by atoms with Crippen LogP contribution in [0.4, 0.5) is 4.79 Å². The van der Waals surface area contributed by atoms with Crippen molar-refractivity contribution in [3.63, 3.8) is 0 Å². The molecule has 0 radical (unpaired) electrons. The van der Waals surface area contributed by atoms with Crippen LogP contribution in [0, 0.1) is 0 Å². The molecule has 0 spiro atoms. The van der Waals surface area contributed by atoms with Gasteiger partial charge in [0, 0.05) is 18.2 Å². The first-order chi connectivity index (χ1) is 10.4. The lowest BCUT2D eigenvalue weighted by Crippen LogP contribution is -2.32. The summed E-state index contributed by atoms with van der Waals surface area (Å²) in [6.07, 6.45) is -0.493. The number of rotatable bonds is 4. The highest BCUT2D eigenvalue weighted by atomic mass is 16.6. The van der Waals surface area contributed by atoms with E-state index in [9.17, 15) is 4.79 Å². The molecule has 0 unspecified atom stereocenters. The maximum Gasteiger partial charge on any atom is 0.408 e. The van der Waals surface area contributed by atoms with Gasteiger partial charge in [0.25, 0.3) is 0 Å². The van der Waals surface area contributed by atoms with Gasteiger partial charge in [-0.2, -0.15) is 0 Å². The Balaban J connectivity index is 2.02. The van der Waals surface area contributed by atoms with E-state index in [4.69, 9.17) is 15.0 Å². The van der Waals surface area contributed by atoms with E-state index in [0.29, 0.717) is 18.0 Å². The Morgan fingerprint density at radius 3 is 2.77 bits per heavy atom. The second-order valence-corrected chi connectivity index (χ2v) is 5.90. The molecule has 22 heavy (non-hydrogen) atoms. The zero-order valence-corrected chi connectivity index (χ0v) is 13.1. The van der Waals surface area contributed by atoms with Crippen LogP contribution in [-0.2, 0) is 17.8 Å². The van der Waals surface area contributed by atoms with E-state index in [0.717, 1.165) is 11.1 Å². The van der Waals surface area contributed by atoms with Crippen molar-refractivity contribution in [1.29, 1.82) is 0 Å². The van der Waals surface area contributed by atoms with Crippen molar-refractivity contribution in [3.8, 4) is 11.3 Å². The highest BCUT2D eigenvalue weighted by Crippen LogP contribution is 2.23. The van der Waals surface area contributed by atoms with E-state index < -0.39 is 11.7 Å². The van der Waals surface area contributed by atoms with Gasteiger partial charge < -0.3 is 20.3 Å². The summed E-state index contributed by atoms with van der Waals surface area (Å²) in [5.41, 5.74) is 7.80. The van der Waals surface area contributed by atoms with Gasteiger partial charge >= 0.3 is 6.09 Å². The summed E-state index contributed by atoms with van der Waals surface area (Å²) in [6, 6.07) is 9.51. The van der Waals surface area contributed by atoms with Gasteiger partial charge in [0.2, 0.25) is 0 Å². The zero-order valence-electron chi connectivity index (χ0n) is 13.1. The zero-order chi connectivity index (χ0) is 16.2. The Hall–Kier alpha value is -2.34. The number of carbonyl (C=O) groups is 1. The first-order valence-electron chi connectivity index (χ1n) is 7.10. The molecule has 3 N–H and O–H groups in total. The van der Waals surface area contributed by atoms with Gasteiger partial charge in [-0.1, -0.05) is 29.4 Å². The summed E-state index contributed by atoms with van der Waals surface area (Å²) >= 11 is 0. The normalized spacial score (nSPS) is 11.3. The summed E-state index contributed by atoms with van der Waals surface area (Å²) in [6.45, 7) is 6.07. The molecule has 2 aromatic rings. The van der Waals surface area contributed by atoms with Crippen molar-refractivity contribution in [3.05, 3.63) is 41.7 Å². The number of hydrogen-bond donors (Lipinski definition) is 2. The van der Waals surface area contributed by atoms with Gasteiger partial charge in [-0.15, -0.1) is 0 Å². The van der Waals surface area contributed by atoms with Crippen LogP contribution < -0.4 is 11.1 Å². The van der Waals surface area contributed by atoms with Gasteiger partial charge in [-0.3, -0.25) is 0 Å². The Bertz CT molecular complexity index is 644. The lowest BCUT2D eigenvalue weighted by atomic mass is 10.0. The molecule has 2 rings (SSSR count). The molecule has 1 aromatic heterocycles. The minimum Gasteiger partial charge on any atom is -0.444 e. The third-order valence-electron chi connectivity index (χ3n) is 2.88. The maximum atomic E-state index is 11.6. The highest BCUT2D eigenvalue weighted by Gasteiger charge is 2.16. The van der Waals surface area contributed by atoms with Crippen LogP contribution >= 0.6 is 0 Å². The predicted molar refractivity (Wildman–Crippen MR) is 82.9 cm³/mol. The predicted octanol–water partition coefficient (Wildman–Crippen LogP) is 2.83. The fraction of sp³-hybridized carbons (Fsp3) is 0.375. The molecule has 0 fully saturated rings. The molecule has 0 bridgehead atoms. The number of hydrogen-bond acceptors (Lipinski definition) is 5. The number of aromatic nitrogens is 1. The fourth-order valence-corrected chi connectivity index (χ4v) is 1.94. The molecule has 0 aliphatic heterocycles. The molecule has 0 atom stereocenters. The molecule has 118 valence electrons. The molecule has 0 aliphatic carbocycles. The highest BCUT2D eigenvalue weighted by molar-refractivity contribution is 5.68. The first-order valence-corrected chi connectivity index (χ1v) is 7.10. The first kappa shape index (κ1) is 16.0. The van der Waals surface area contributed by atoms with E-state index in [1.54, 1.807) is 6.07 Å². The summed E-state index contributed by atoms with van der Waals surface area (Å²) in [7, 11) is 0. The number of nitrogens with zero attached hydrogens (tertiary/aromatic N) is 1. The van der Waals surface area contributed by atoms with Crippen LogP contribution in [0.1, 0.15) is 32.1 Å². The number of nitrogens with one attached hydrogen (secondary N) is 1. The second-order valence-electron chi connectivity index (χ2n) is 5.90. The van der Waals surface area contributed by atoms with Gasteiger partial charge in [0.1, 0.15) is 11.3 Å². The molecule has 1 amide bonds. The quantitative estimate of drug-likeness (QED) is 0.906. The third kappa shape index (κ3) is 4.33. The molecule has 0 saturated heterocycles. The SMILES string of the molecule is CC(C)(C)OC(=O)NCc1cc(-c2ccccc2CN)no1. The smallest absolute Gasteiger partial charge is 0.408 e. The minimum atomic E-state index is -0.531. The average Bonchev–Trinajstić information content (AvgIpc) is 2.92. The van der Waals surface area contributed by atoms with Gasteiger partial charge in [0.05, 0.1) is 6.54 Å². The molecule has 1 aromatic carbocycles. The van der Waals surface area contributed by atoms with Crippen molar-refractivity contribution in [2.45, 2.75) is 39.5 Å². The Kier molecular flexibility index (Phi) is 4.82. The molecule has 1 heterocycles. The van der Waals surface area contributed by atoms with E-state index in [1.165, 1.54) is 0 Å². The summed E-state index contributed by atoms with van der Waals surface area (Å²) in [5, 5.41) is 6.65. The number of ether oxygens (including phenoxy) is 1. The van der Waals surface area contributed by atoms with Crippen molar-refractivity contribution < 1.29 is 14.1 Å². The van der Waals surface area contributed by atoms with Crippen LogP contribution in [0.25, 0.3) is 11.3 Å².